The van der Waals surface area contributed by atoms with E-state index in [9.17, 15) is 4.79 Å². The van der Waals surface area contributed by atoms with Gasteiger partial charge in [-0.1, -0.05) is 12.2 Å². The van der Waals surface area contributed by atoms with Crippen LogP contribution in [0.2, 0.25) is 0 Å². The summed E-state index contributed by atoms with van der Waals surface area (Å²) in [5.41, 5.74) is 1.61. The first-order valence-electron chi connectivity index (χ1n) is 5.89. The lowest BCUT2D eigenvalue weighted by molar-refractivity contribution is 0.626. The average molecular weight is 249 g/mol. The van der Waals surface area contributed by atoms with Crippen molar-refractivity contribution in [1.82, 2.24) is 9.55 Å². The van der Waals surface area contributed by atoms with Gasteiger partial charge in [0.2, 0.25) is 0 Å². The first-order valence-corrected chi connectivity index (χ1v) is 6.32. The van der Waals surface area contributed by atoms with Crippen molar-refractivity contribution in [3.8, 4) is 0 Å². The van der Waals surface area contributed by atoms with Crippen LogP contribution in [-0.4, -0.2) is 9.55 Å². The van der Waals surface area contributed by atoms with Crippen molar-refractivity contribution in [2.45, 2.75) is 31.1 Å². The summed E-state index contributed by atoms with van der Waals surface area (Å²) in [6.45, 7) is 0. The van der Waals surface area contributed by atoms with Crippen LogP contribution >= 0.6 is 11.6 Å². The standard InChI is InChI=1S/C13H13ClN2O/c14-9-5-4-6-10-12(9)13(17)16-8-3-1-2-7-11(16)15-10/h1-3,8-9H,4-7H2. The van der Waals surface area contributed by atoms with Crippen molar-refractivity contribution >= 4 is 17.8 Å². The highest BCUT2D eigenvalue weighted by molar-refractivity contribution is 6.20. The minimum atomic E-state index is -0.179. The van der Waals surface area contributed by atoms with E-state index in [0.717, 1.165) is 30.8 Å². The molecule has 88 valence electrons. The molecule has 1 unspecified atom stereocenters. The van der Waals surface area contributed by atoms with Gasteiger partial charge >= 0.3 is 0 Å². The number of aromatic nitrogens is 2. The van der Waals surface area contributed by atoms with Crippen LogP contribution in [0.3, 0.4) is 0 Å². The smallest absolute Gasteiger partial charge is 0.262 e. The van der Waals surface area contributed by atoms with Crippen LogP contribution in [0.25, 0.3) is 6.20 Å². The molecule has 0 aromatic carbocycles. The van der Waals surface area contributed by atoms with E-state index in [2.05, 4.69) is 4.98 Å². The van der Waals surface area contributed by atoms with E-state index in [0.29, 0.717) is 12.0 Å². The Labute approximate surface area is 104 Å². The molecule has 1 atom stereocenters. The molecule has 0 amide bonds. The first-order chi connectivity index (χ1) is 8.27. The molecule has 1 aromatic heterocycles. The van der Waals surface area contributed by atoms with Crippen LogP contribution in [0.4, 0.5) is 0 Å². The van der Waals surface area contributed by atoms with Gasteiger partial charge in [-0.3, -0.25) is 9.36 Å². The van der Waals surface area contributed by atoms with Crippen molar-refractivity contribution in [3.05, 3.63) is 45.7 Å². The zero-order chi connectivity index (χ0) is 11.8. The second kappa shape index (κ2) is 4.15. The van der Waals surface area contributed by atoms with E-state index in [-0.39, 0.29) is 10.9 Å². The maximum absolute atomic E-state index is 12.4. The molecule has 0 saturated carbocycles. The second-order valence-corrected chi connectivity index (χ2v) is 4.92. The number of hydrogen-bond acceptors (Lipinski definition) is 2. The Balaban J connectivity index is 2.27. The number of hydrogen-bond donors (Lipinski definition) is 0. The number of fused-ring (bicyclic) bond motifs is 2. The first kappa shape index (κ1) is 10.8. The third kappa shape index (κ3) is 1.75. The summed E-state index contributed by atoms with van der Waals surface area (Å²) in [5.74, 6) is 0.810. The molecule has 17 heavy (non-hydrogen) atoms. The summed E-state index contributed by atoms with van der Waals surface area (Å²) < 4.78 is 1.62. The number of halogens is 1. The third-order valence-electron chi connectivity index (χ3n) is 3.27. The van der Waals surface area contributed by atoms with Crippen molar-refractivity contribution in [1.29, 1.82) is 0 Å². The van der Waals surface area contributed by atoms with Crippen molar-refractivity contribution in [3.63, 3.8) is 0 Å². The molecule has 2 aliphatic rings. The Morgan fingerprint density at radius 3 is 3.18 bits per heavy atom. The van der Waals surface area contributed by atoms with Crippen LogP contribution in [0, 0.1) is 0 Å². The fourth-order valence-electron chi connectivity index (χ4n) is 2.42. The Bertz CT molecular complexity index is 572. The van der Waals surface area contributed by atoms with Gasteiger partial charge in [0, 0.05) is 12.6 Å². The average Bonchev–Trinajstić information content (AvgIpc) is 2.54. The van der Waals surface area contributed by atoms with E-state index in [4.69, 9.17) is 11.6 Å². The molecule has 3 rings (SSSR count). The van der Waals surface area contributed by atoms with E-state index in [1.807, 2.05) is 18.2 Å². The Kier molecular flexibility index (Phi) is 2.63. The highest BCUT2D eigenvalue weighted by Gasteiger charge is 2.25. The topological polar surface area (TPSA) is 34.9 Å². The molecule has 1 aromatic rings. The van der Waals surface area contributed by atoms with Crippen LogP contribution in [0.15, 0.2) is 23.0 Å². The summed E-state index contributed by atoms with van der Waals surface area (Å²) in [6.07, 6.45) is 11.0. The van der Waals surface area contributed by atoms with Gasteiger partial charge in [-0.15, -0.1) is 11.6 Å². The molecule has 0 fully saturated rings. The maximum Gasteiger partial charge on any atom is 0.262 e. The number of alkyl halides is 1. The fourth-order valence-corrected chi connectivity index (χ4v) is 2.80. The largest absolute Gasteiger partial charge is 0.271 e. The molecule has 0 N–H and O–H groups in total. The normalized spacial score (nSPS) is 21.8. The Morgan fingerprint density at radius 2 is 2.29 bits per heavy atom. The molecule has 1 aliphatic heterocycles. The van der Waals surface area contributed by atoms with E-state index in [1.54, 1.807) is 10.8 Å². The molecule has 0 radical (unpaired) electrons. The monoisotopic (exact) mass is 248 g/mol. The number of allylic oxidation sites excluding steroid dienone is 3. The number of rotatable bonds is 0. The quantitative estimate of drug-likeness (QED) is 0.661. The lowest BCUT2D eigenvalue weighted by atomic mass is 9.96. The molecule has 1 aliphatic carbocycles. The minimum absolute atomic E-state index is 0.00431. The van der Waals surface area contributed by atoms with Gasteiger partial charge in [0.15, 0.2) is 0 Å². The SMILES string of the molecule is O=c1c2c(nc3n1C=CC=CC3)CCCC2Cl. The maximum atomic E-state index is 12.4. The van der Waals surface area contributed by atoms with E-state index >= 15 is 0 Å². The van der Waals surface area contributed by atoms with Crippen molar-refractivity contribution < 1.29 is 0 Å². The minimum Gasteiger partial charge on any atom is -0.271 e. The predicted molar refractivity (Wildman–Crippen MR) is 68.2 cm³/mol. The third-order valence-corrected chi connectivity index (χ3v) is 3.71. The van der Waals surface area contributed by atoms with Gasteiger partial charge in [-0.2, -0.15) is 0 Å². The molecular formula is C13H13ClN2O. The van der Waals surface area contributed by atoms with Crippen LogP contribution in [-0.2, 0) is 12.8 Å². The Morgan fingerprint density at radius 1 is 1.41 bits per heavy atom. The van der Waals surface area contributed by atoms with E-state index in [1.165, 1.54) is 0 Å². The van der Waals surface area contributed by atoms with Gasteiger partial charge in [0.25, 0.3) is 5.56 Å². The zero-order valence-electron chi connectivity index (χ0n) is 9.40. The molecule has 0 spiro atoms. The van der Waals surface area contributed by atoms with Gasteiger partial charge in [-0.25, -0.2) is 4.98 Å². The van der Waals surface area contributed by atoms with E-state index < -0.39 is 0 Å². The number of nitrogens with zero attached hydrogens (tertiary/aromatic N) is 2. The molecular weight excluding hydrogens is 236 g/mol. The van der Waals surface area contributed by atoms with Gasteiger partial charge in [0.05, 0.1) is 16.6 Å². The summed E-state index contributed by atoms with van der Waals surface area (Å²) in [4.78, 5) is 17.0. The fraction of sp³-hybridized carbons (Fsp3) is 0.385. The highest BCUT2D eigenvalue weighted by Crippen LogP contribution is 2.31. The molecule has 2 heterocycles. The van der Waals surface area contributed by atoms with Gasteiger partial charge in [0.1, 0.15) is 5.82 Å². The van der Waals surface area contributed by atoms with Gasteiger partial charge in [-0.05, 0) is 25.3 Å². The van der Waals surface area contributed by atoms with Crippen LogP contribution in [0.1, 0.15) is 35.3 Å². The number of aryl methyl sites for hydroxylation is 1. The van der Waals surface area contributed by atoms with Crippen LogP contribution < -0.4 is 5.56 Å². The molecule has 3 nitrogen and oxygen atoms in total. The summed E-state index contributed by atoms with van der Waals surface area (Å²) in [6, 6.07) is 0. The second-order valence-electron chi connectivity index (χ2n) is 4.40. The molecule has 0 bridgehead atoms. The summed E-state index contributed by atoms with van der Waals surface area (Å²) in [7, 11) is 0. The predicted octanol–water partition coefficient (Wildman–Crippen LogP) is 2.44. The lowest BCUT2D eigenvalue weighted by Gasteiger charge is -2.21. The van der Waals surface area contributed by atoms with Crippen LogP contribution in [0.5, 0.6) is 0 Å². The van der Waals surface area contributed by atoms with Crippen molar-refractivity contribution in [2.75, 3.05) is 0 Å². The highest BCUT2D eigenvalue weighted by atomic mass is 35.5. The zero-order valence-corrected chi connectivity index (χ0v) is 10.2. The summed E-state index contributed by atoms with van der Waals surface area (Å²) in [5, 5.41) is -0.179. The lowest BCUT2D eigenvalue weighted by Crippen LogP contribution is -2.29. The molecule has 0 saturated heterocycles. The Hall–Kier alpha value is -1.35. The molecule has 4 heteroatoms. The van der Waals surface area contributed by atoms with Gasteiger partial charge < -0.3 is 0 Å². The summed E-state index contributed by atoms with van der Waals surface area (Å²) >= 11 is 6.24. The van der Waals surface area contributed by atoms with Crippen molar-refractivity contribution in [2.24, 2.45) is 0 Å².